The minimum absolute atomic E-state index is 0.0472. The van der Waals surface area contributed by atoms with Gasteiger partial charge in [-0.1, -0.05) is 6.08 Å². The van der Waals surface area contributed by atoms with Crippen molar-refractivity contribution in [3.05, 3.63) is 11.6 Å². The first-order valence-electron chi connectivity index (χ1n) is 14.5. The molecule has 1 aliphatic carbocycles. The van der Waals surface area contributed by atoms with Crippen molar-refractivity contribution in [3.63, 3.8) is 0 Å². The van der Waals surface area contributed by atoms with Crippen molar-refractivity contribution in [2.75, 3.05) is 19.8 Å². The number of rotatable bonds is 9. The van der Waals surface area contributed by atoms with E-state index in [4.69, 9.17) is 18.9 Å². The summed E-state index contributed by atoms with van der Waals surface area (Å²) < 4.78 is 22.1. The molecular weight excluding hydrogens is 598 g/mol. The van der Waals surface area contributed by atoms with Crippen molar-refractivity contribution in [2.24, 2.45) is 5.92 Å². The molecule has 3 aliphatic heterocycles. The zero-order chi connectivity index (χ0) is 32.6. The van der Waals surface area contributed by atoms with Gasteiger partial charge in [0, 0.05) is 5.92 Å². The number of hydrogen-bond acceptors (Lipinski definition) is 18. The predicted octanol–water partition coefficient (Wildman–Crippen LogP) is -7.90. The molecule has 0 spiro atoms. The summed E-state index contributed by atoms with van der Waals surface area (Å²) in [6.45, 7) is -0.503. The fourth-order valence-electron chi connectivity index (χ4n) is 6.37. The van der Waals surface area contributed by atoms with Gasteiger partial charge in [0.2, 0.25) is 0 Å². The molecule has 0 saturated carbocycles. The van der Waals surface area contributed by atoms with E-state index in [1.807, 2.05) is 0 Å². The average Bonchev–Trinajstić information content (AvgIpc) is 3.00. The summed E-state index contributed by atoms with van der Waals surface area (Å²) in [4.78, 5) is 0. The predicted molar refractivity (Wildman–Crippen MR) is 141 cm³/mol. The van der Waals surface area contributed by atoms with Gasteiger partial charge in [0.25, 0.3) is 0 Å². The van der Waals surface area contributed by atoms with Gasteiger partial charge in [-0.3, -0.25) is 0 Å². The van der Waals surface area contributed by atoms with Crippen LogP contribution in [0.15, 0.2) is 11.6 Å². The Kier molecular flexibility index (Phi) is 12.1. The molecule has 256 valence electrons. The molecule has 3 heterocycles. The van der Waals surface area contributed by atoms with Crippen molar-refractivity contribution in [1.82, 2.24) is 5.32 Å². The van der Waals surface area contributed by atoms with Gasteiger partial charge in [-0.25, -0.2) is 0 Å². The van der Waals surface area contributed by atoms with E-state index in [0.29, 0.717) is 0 Å². The molecule has 0 aromatic heterocycles. The lowest BCUT2D eigenvalue weighted by atomic mass is 9.80. The number of ether oxygens (including phenoxy) is 4. The molecule has 0 aromatic rings. The standard InChI is InChI=1S/C26H45NO17/c1-7-14(27-10-2-8(4-28)15(31)20(36)17(10)33)19(35)18(34)11(41-7)3-9-12(5-29)43-26(23(39)16(9)32)44-24-13(6-30)42-25(40)22(38)21(24)37/h2,7,9-40H,3-6H2,1H3/t7?,9-,10+,11-,12?,13?,14-,15-,16+,17+,18?,19+,20+,21-,22?,23?,24-,25?,26-/m1/s1. The molecule has 0 radical (unpaired) electrons. The number of nitrogens with one attached hydrogen (secondary N) is 1. The smallest absolute Gasteiger partial charge is 0.187 e. The van der Waals surface area contributed by atoms with Gasteiger partial charge in [-0.05, 0) is 18.9 Å². The molecule has 4 aliphatic rings. The Balaban J connectivity index is 1.42. The fraction of sp³-hybridized carbons (Fsp3) is 0.923. The molecule has 0 amide bonds. The van der Waals surface area contributed by atoms with Crippen LogP contribution in [0.5, 0.6) is 0 Å². The number of hydrogen-bond donors (Lipinski definition) is 14. The molecule has 4 rings (SSSR count). The topological polar surface area (TPSA) is 312 Å². The maximum Gasteiger partial charge on any atom is 0.187 e. The summed E-state index contributed by atoms with van der Waals surface area (Å²) in [5.41, 5.74) is 0.0472. The first-order valence-corrected chi connectivity index (χ1v) is 14.5. The summed E-state index contributed by atoms with van der Waals surface area (Å²) in [5.74, 6) is -1.08. The normalized spacial score (nSPS) is 52.0. The monoisotopic (exact) mass is 643 g/mol. The Morgan fingerprint density at radius 3 is 1.95 bits per heavy atom. The third-order valence-electron chi connectivity index (χ3n) is 9.05. The van der Waals surface area contributed by atoms with Gasteiger partial charge in [-0.15, -0.1) is 0 Å². The molecule has 44 heavy (non-hydrogen) atoms. The van der Waals surface area contributed by atoms with E-state index in [2.05, 4.69) is 5.32 Å². The van der Waals surface area contributed by atoms with E-state index in [9.17, 15) is 66.4 Å². The van der Waals surface area contributed by atoms with Crippen molar-refractivity contribution < 1.29 is 85.3 Å². The minimum Gasteiger partial charge on any atom is -0.394 e. The van der Waals surface area contributed by atoms with Crippen LogP contribution in [0.3, 0.4) is 0 Å². The highest BCUT2D eigenvalue weighted by Crippen LogP contribution is 2.36. The van der Waals surface area contributed by atoms with Gasteiger partial charge in [-0.2, -0.15) is 0 Å². The third-order valence-corrected chi connectivity index (χ3v) is 9.05. The molecule has 3 saturated heterocycles. The van der Waals surface area contributed by atoms with Crippen LogP contribution in [-0.2, 0) is 18.9 Å². The van der Waals surface area contributed by atoms with Crippen LogP contribution in [0.4, 0.5) is 0 Å². The number of aliphatic hydroxyl groups is 13. The Labute approximate surface area is 251 Å². The summed E-state index contributed by atoms with van der Waals surface area (Å²) >= 11 is 0. The second-order valence-electron chi connectivity index (χ2n) is 11.8. The van der Waals surface area contributed by atoms with Gasteiger partial charge in [0.05, 0.1) is 56.3 Å². The molecule has 0 aromatic carbocycles. The highest BCUT2D eigenvalue weighted by molar-refractivity contribution is 5.22. The summed E-state index contributed by atoms with van der Waals surface area (Å²) in [6.07, 6.45) is -23.4. The van der Waals surface area contributed by atoms with Crippen molar-refractivity contribution in [1.29, 1.82) is 0 Å². The van der Waals surface area contributed by atoms with E-state index in [0.717, 1.165) is 0 Å². The molecular formula is C26H45NO17. The van der Waals surface area contributed by atoms with Crippen molar-refractivity contribution >= 4 is 0 Å². The molecule has 0 bridgehead atoms. The number of aliphatic hydroxyl groups excluding tert-OH is 13. The van der Waals surface area contributed by atoms with Crippen LogP contribution in [-0.4, -0.2) is 196 Å². The Hall–Kier alpha value is -0.980. The van der Waals surface area contributed by atoms with E-state index in [1.54, 1.807) is 6.92 Å². The van der Waals surface area contributed by atoms with Crippen molar-refractivity contribution in [3.8, 4) is 0 Å². The first-order chi connectivity index (χ1) is 20.7. The second kappa shape index (κ2) is 14.8. The highest BCUT2D eigenvalue weighted by Gasteiger charge is 2.53. The van der Waals surface area contributed by atoms with E-state index in [1.165, 1.54) is 6.08 Å². The lowest BCUT2D eigenvalue weighted by Crippen LogP contribution is -2.67. The summed E-state index contributed by atoms with van der Waals surface area (Å²) in [7, 11) is 0. The molecule has 7 unspecified atom stereocenters. The van der Waals surface area contributed by atoms with Gasteiger partial charge in [0.15, 0.2) is 12.6 Å². The van der Waals surface area contributed by atoms with Crippen LogP contribution in [0, 0.1) is 5.92 Å². The van der Waals surface area contributed by atoms with Gasteiger partial charge in [0.1, 0.15) is 61.0 Å². The van der Waals surface area contributed by atoms with Crippen LogP contribution in [0.1, 0.15) is 13.3 Å². The highest BCUT2D eigenvalue weighted by atomic mass is 16.7. The third kappa shape index (κ3) is 6.98. The quantitative estimate of drug-likeness (QED) is 0.104. The second-order valence-corrected chi connectivity index (χ2v) is 11.8. The van der Waals surface area contributed by atoms with Gasteiger partial charge < -0.3 is 90.6 Å². The summed E-state index contributed by atoms with van der Waals surface area (Å²) in [6, 6.07) is -2.05. The fourth-order valence-corrected chi connectivity index (χ4v) is 6.37. The largest absolute Gasteiger partial charge is 0.394 e. The van der Waals surface area contributed by atoms with Crippen LogP contribution >= 0.6 is 0 Å². The first kappa shape index (κ1) is 35.9. The van der Waals surface area contributed by atoms with E-state index in [-0.39, 0.29) is 12.0 Å². The maximum atomic E-state index is 11.0. The van der Waals surface area contributed by atoms with Crippen molar-refractivity contribution in [2.45, 2.75) is 123 Å². The molecule has 18 heteroatoms. The molecule has 3 fully saturated rings. The van der Waals surface area contributed by atoms with Crippen LogP contribution in [0.25, 0.3) is 0 Å². The van der Waals surface area contributed by atoms with E-state index < -0.39 is 136 Å². The van der Waals surface area contributed by atoms with Crippen LogP contribution < -0.4 is 5.32 Å². The molecule has 18 nitrogen and oxygen atoms in total. The average molecular weight is 644 g/mol. The Bertz CT molecular complexity index is 958. The molecule has 14 N–H and O–H groups in total. The Morgan fingerprint density at radius 1 is 0.682 bits per heavy atom. The maximum absolute atomic E-state index is 11.0. The minimum atomic E-state index is -1.82. The SMILES string of the molecule is CC1O[C@H](C[C@@H]2C(CO)O[C@H](O[C@@H]3C(CO)OC(O)C(O)[C@H]3O)C(O)[C@H]2O)C(O)[C@@H](O)[C@@H]1N[C@H]1C=C(CO)[C@@H](O)[C@H](O)[C@H]1O. The zero-order valence-corrected chi connectivity index (χ0v) is 23.8. The Morgan fingerprint density at radius 2 is 1.34 bits per heavy atom. The van der Waals surface area contributed by atoms with E-state index >= 15 is 0 Å². The lowest BCUT2D eigenvalue weighted by Gasteiger charge is -2.49. The summed E-state index contributed by atoms with van der Waals surface area (Å²) in [5, 5.41) is 136. The molecule has 19 atom stereocenters. The van der Waals surface area contributed by atoms with Crippen LogP contribution in [0.2, 0.25) is 0 Å². The lowest BCUT2D eigenvalue weighted by molar-refractivity contribution is -0.353. The van der Waals surface area contributed by atoms with Gasteiger partial charge >= 0.3 is 0 Å². The zero-order valence-electron chi connectivity index (χ0n) is 23.8.